The highest BCUT2D eigenvalue weighted by Crippen LogP contribution is 2.28. The van der Waals surface area contributed by atoms with Crippen LogP contribution in [0.3, 0.4) is 0 Å². The van der Waals surface area contributed by atoms with Crippen LogP contribution in [0.4, 0.5) is 0 Å². The minimum Gasteiger partial charge on any atom is -0.476 e. The normalized spacial score (nSPS) is 10.5. The Morgan fingerprint density at radius 3 is 2.71 bits per heavy atom. The van der Waals surface area contributed by atoms with E-state index in [-0.39, 0.29) is 5.69 Å². The van der Waals surface area contributed by atoms with Crippen molar-refractivity contribution in [3.63, 3.8) is 0 Å². The number of benzene rings is 1. The van der Waals surface area contributed by atoms with E-state index < -0.39 is 5.97 Å². The van der Waals surface area contributed by atoms with Gasteiger partial charge in [-0.1, -0.05) is 18.2 Å². The third kappa shape index (κ3) is 2.75. The lowest BCUT2D eigenvalue weighted by Gasteiger charge is -2.05. The van der Waals surface area contributed by atoms with Gasteiger partial charge in [0.25, 0.3) is 0 Å². The third-order valence-electron chi connectivity index (χ3n) is 2.62. The van der Waals surface area contributed by atoms with Gasteiger partial charge in [-0.05, 0) is 46.5 Å². The molecular weight excluding hydrogens is 290 g/mol. The molecule has 8 heteroatoms. The number of carboxylic acids is 1. The van der Waals surface area contributed by atoms with Gasteiger partial charge in [0.15, 0.2) is 5.69 Å². The molecule has 1 N–H and O–H groups in total. The zero-order valence-corrected chi connectivity index (χ0v) is 11.4. The minimum atomic E-state index is -1.09. The third-order valence-corrected chi connectivity index (χ3v) is 3.60. The molecule has 0 aliphatic carbocycles. The molecule has 2 aromatic heterocycles. The lowest BCUT2D eigenvalue weighted by atomic mass is 10.3. The van der Waals surface area contributed by atoms with Crippen molar-refractivity contribution < 1.29 is 9.90 Å². The summed E-state index contributed by atoms with van der Waals surface area (Å²) in [5, 5.41) is 21.1. The highest BCUT2D eigenvalue weighted by Gasteiger charge is 2.16. The SMILES string of the molecule is O=C(O)c1ncccc1Sc1nnnn1-c1ccccc1. The first-order valence-electron chi connectivity index (χ1n) is 5.95. The topological polar surface area (TPSA) is 93.8 Å². The Labute approximate surface area is 123 Å². The van der Waals surface area contributed by atoms with Crippen LogP contribution in [0.15, 0.2) is 58.7 Å². The van der Waals surface area contributed by atoms with Crippen molar-refractivity contribution in [2.45, 2.75) is 10.1 Å². The molecule has 0 atom stereocenters. The van der Waals surface area contributed by atoms with Crippen LogP contribution in [0.2, 0.25) is 0 Å². The second kappa shape index (κ2) is 5.71. The smallest absolute Gasteiger partial charge is 0.355 e. The molecule has 3 rings (SSSR count). The zero-order chi connectivity index (χ0) is 14.7. The molecule has 0 radical (unpaired) electrons. The average molecular weight is 299 g/mol. The quantitative estimate of drug-likeness (QED) is 0.786. The number of hydrogen-bond donors (Lipinski definition) is 1. The van der Waals surface area contributed by atoms with Gasteiger partial charge in [-0.15, -0.1) is 5.10 Å². The fraction of sp³-hybridized carbons (Fsp3) is 0. The van der Waals surface area contributed by atoms with E-state index in [1.165, 1.54) is 6.20 Å². The van der Waals surface area contributed by atoms with Crippen molar-refractivity contribution in [1.29, 1.82) is 0 Å². The lowest BCUT2D eigenvalue weighted by molar-refractivity contribution is 0.0686. The number of carboxylic acid groups (broad SMARTS) is 1. The van der Waals surface area contributed by atoms with Crippen LogP contribution < -0.4 is 0 Å². The monoisotopic (exact) mass is 299 g/mol. The number of para-hydroxylation sites is 1. The van der Waals surface area contributed by atoms with E-state index >= 15 is 0 Å². The van der Waals surface area contributed by atoms with Crippen LogP contribution >= 0.6 is 11.8 Å². The van der Waals surface area contributed by atoms with E-state index in [0.29, 0.717) is 10.1 Å². The highest BCUT2D eigenvalue weighted by molar-refractivity contribution is 7.99. The molecule has 0 fully saturated rings. The van der Waals surface area contributed by atoms with Crippen LogP contribution in [-0.2, 0) is 0 Å². The summed E-state index contributed by atoms with van der Waals surface area (Å²) in [6, 6.07) is 12.7. The van der Waals surface area contributed by atoms with Gasteiger partial charge in [0, 0.05) is 11.1 Å². The number of rotatable bonds is 4. The first-order chi connectivity index (χ1) is 10.3. The van der Waals surface area contributed by atoms with Crippen molar-refractivity contribution >= 4 is 17.7 Å². The molecule has 0 amide bonds. The minimum absolute atomic E-state index is 0.0230. The van der Waals surface area contributed by atoms with Crippen molar-refractivity contribution in [2.75, 3.05) is 0 Å². The summed E-state index contributed by atoms with van der Waals surface area (Å²) in [6.07, 6.45) is 1.44. The van der Waals surface area contributed by atoms with Crippen molar-refractivity contribution in [2.24, 2.45) is 0 Å². The van der Waals surface area contributed by atoms with Gasteiger partial charge >= 0.3 is 5.97 Å². The van der Waals surface area contributed by atoms with Gasteiger partial charge in [-0.25, -0.2) is 9.78 Å². The molecule has 0 spiro atoms. The van der Waals surface area contributed by atoms with Crippen LogP contribution in [0.1, 0.15) is 10.5 Å². The Bertz CT molecular complexity index is 775. The second-order valence-electron chi connectivity index (χ2n) is 3.97. The summed E-state index contributed by atoms with van der Waals surface area (Å²) in [5.41, 5.74) is 0.774. The number of carbonyl (C=O) groups is 1. The average Bonchev–Trinajstić information content (AvgIpc) is 2.96. The Balaban J connectivity index is 1.98. The zero-order valence-electron chi connectivity index (χ0n) is 10.6. The lowest BCUT2D eigenvalue weighted by Crippen LogP contribution is -2.03. The Morgan fingerprint density at radius 2 is 1.95 bits per heavy atom. The van der Waals surface area contributed by atoms with Crippen LogP contribution in [-0.4, -0.2) is 36.3 Å². The standard InChI is InChI=1S/C13H9N5O2S/c19-12(20)11-10(7-4-8-14-11)21-13-15-16-17-18(13)9-5-2-1-3-6-9/h1-8H,(H,19,20). The molecule has 0 saturated heterocycles. The van der Waals surface area contributed by atoms with E-state index in [1.54, 1.807) is 16.8 Å². The number of tetrazole rings is 1. The molecule has 7 nitrogen and oxygen atoms in total. The van der Waals surface area contributed by atoms with Gasteiger partial charge in [-0.3, -0.25) is 0 Å². The Kier molecular flexibility index (Phi) is 3.61. The van der Waals surface area contributed by atoms with Crippen LogP contribution in [0, 0.1) is 0 Å². The molecule has 0 aliphatic heterocycles. The maximum atomic E-state index is 11.2. The van der Waals surface area contributed by atoms with E-state index in [2.05, 4.69) is 20.5 Å². The maximum absolute atomic E-state index is 11.2. The largest absolute Gasteiger partial charge is 0.476 e. The first-order valence-corrected chi connectivity index (χ1v) is 6.77. The summed E-state index contributed by atoms with van der Waals surface area (Å²) in [5.74, 6) is -1.09. The molecule has 3 aromatic rings. The summed E-state index contributed by atoms with van der Waals surface area (Å²) >= 11 is 1.15. The summed E-state index contributed by atoms with van der Waals surface area (Å²) < 4.78 is 1.54. The summed E-state index contributed by atoms with van der Waals surface area (Å²) in [4.78, 5) is 15.5. The van der Waals surface area contributed by atoms with Crippen molar-refractivity contribution in [3.05, 3.63) is 54.4 Å². The first kappa shape index (κ1) is 13.3. The van der Waals surface area contributed by atoms with Gasteiger partial charge < -0.3 is 5.11 Å². The van der Waals surface area contributed by atoms with E-state index in [0.717, 1.165) is 17.4 Å². The number of aromatic nitrogens is 5. The molecule has 0 bridgehead atoms. The van der Waals surface area contributed by atoms with Crippen LogP contribution in [0.5, 0.6) is 0 Å². The maximum Gasteiger partial charge on any atom is 0.355 e. The molecular formula is C13H9N5O2S. The van der Waals surface area contributed by atoms with E-state index in [9.17, 15) is 4.79 Å². The number of pyridine rings is 1. The molecule has 0 unspecified atom stereocenters. The fourth-order valence-electron chi connectivity index (χ4n) is 1.71. The van der Waals surface area contributed by atoms with Gasteiger partial charge in [0.2, 0.25) is 5.16 Å². The Morgan fingerprint density at radius 1 is 1.14 bits per heavy atom. The van der Waals surface area contributed by atoms with Gasteiger partial charge in [0.1, 0.15) is 0 Å². The van der Waals surface area contributed by atoms with Crippen LogP contribution in [0.25, 0.3) is 5.69 Å². The molecule has 104 valence electrons. The molecule has 2 heterocycles. The van der Waals surface area contributed by atoms with Gasteiger partial charge in [0.05, 0.1) is 5.69 Å². The number of nitrogens with zero attached hydrogens (tertiary/aromatic N) is 5. The molecule has 0 saturated carbocycles. The second-order valence-corrected chi connectivity index (χ2v) is 4.98. The van der Waals surface area contributed by atoms with Gasteiger partial charge in [-0.2, -0.15) is 4.68 Å². The highest BCUT2D eigenvalue weighted by atomic mass is 32.2. The summed E-state index contributed by atoms with van der Waals surface area (Å²) in [6.45, 7) is 0. The molecule has 0 aliphatic rings. The predicted molar refractivity (Wildman–Crippen MR) is 74.5 cm³/mol. The number of aromatic carboxylic acids is 1. The molecule has 1 aromatic carbocycles. The fourth-order valence-corrected chi connectivity index (χ4v) is 2.59. The number of hydrogen-bond acceptors (Lipinski definition) is 6. The van der Waals surface area contributed by atoms with Crippen molar-refractivity contribution in [1.82, 2.24) is 25.2 Å². The van der Waals surface area contributed by atoms with E-state index in [1.807, 2.05) is 30.3 Å². The van der Waals surface area contributed by atoms with Crippen molar-refractivity contribution in [3.8, 4) is 5.69 Å². The predicted octanol–water partition coefficient (Wildman–Crippen LogP) is 1.91. The van der Waals surface area contributed by atoms with E-state index in [4.69, 9.17) is 5.11 Å². The Hall–Kier alpha value is -2.74. The summed E-state index contributed by atoms with van der Waals surface area (Å²) in [7, 11) is 0. The molecule has 21 heavy (non-hydrogen) atoms.